The highest BCUT2D eigenvalue weighted by molar-refractivity contribution is 8.01. The van der Waals surface area contributed by atoms with Crippen LogP contribution in [0.5, 0.6) is 0 Å². The van der Waals surface area contributed by atoms with E-state index in [-0.39, 0.29) is 30.0 Å². The number of ether oxygens (including phenoxy) is 1. The molecular weight excluding hydrogens is 368 g/mol. The number of amides is 1. The van der Waals surface area contributed by atoms with Gasteiger partial charge in [0, 0.05) is 0 Å². The van der Waals surface area contributed by atoms with Gasteiger partial charge in [0.25, 0.3) is 0 Å². The number of anilines is 1. The van der Waals surface area contributed by atoms with Crippen molar-refractivity contribution in [1.82, 2.24) is 10.2 Å². The molecule has 1 rings (SSSR count). The Balaban J connectivity index is 0.00000441. The van der Waals surface area contributed by atoms with Crippen LogP contribution in [-0.4, -0.2) is 52.5 Å². The summed E-state index contributed by atoms with van der Waals surface area (Å²) in [6.07, 6.45) is 2.57. The number of hydrogen-bond donors (Lipinski definition) is 2. The van der Waals surface area contributed by atoms with E-state index in [9.17, 15) is 9.59 Å². The van der Waals surface area contributed by atoms with Crippen molar-refractivity contribution < 1.29 is 14.3 Å². The first kappa shape index (κ1) is 21.4. The summed E-state index contributed by atoms with van der Waals surface area (Å²) in [5, 5.41) is 10.7. The van der Waals surface area contributed by atoms with Gasteiger partial charge < -0.3 is 10.5 Å². The molecule has 3 N–H and O–H groups in total. The van der Waals surface area contributed by atoms with Crippen molar-refractivity contribution in [3.05, 3.63) is 0 Å². The van der Waals surface area contributed by atoms with E-state index in [1.807, 2.05) is 6.26 Å². The van der Waals surface area contributed by atoms with E-state index >= 15 is 0 Å². The lowest BCUT2D eigenvalue weighted by atomic mass is 10.2. The van der Waals surface area contributed by atoms with Gasteiger partial charge in [-0.3, -0.25) is 14.9 Å². The lowest BCUT2D eigenvalue weighted by Crippen LogP contribution is -2.36. The van der Waals surface area contributed by atoms with Crippen LogP contribution in [0.25, 0.3) is 0 Å². The third-order valence-electron chi connectivity index (χ3n) is 2.23. The fraction of sp³-hybridized carbons (Fsp3) is 0.636. The van der Waals surface area contributed by atoms with Gasteiger partial charge in [0.05, 0.1) is 18.4 Å². The molecule has 0 aliphatic rings. The third-order valence-corrected chi connectivity index (χ3v) is 4.81. The van der Waals surface area contributed by atoms with E-state index in [1.54, 1.807) is 18.7 Å². The minimum Gasteiger partial charge on any atom is -0.465 e. The molecule has 0 aliphatic heterocycles. The van der Waals surface area contributed by atoms with Gasteiger partial charge in [-0.1, -0.05) is 23.1 Å². The molecule has 0 radical (unpaired) electrons. The van der Waals surface area contributed by atoms with Crippen molar-refractivity contribution in [3.8, 4) is 0 Å². The van der Waals surface area contributed by atoms with Crippen LogP contribution in [0.1, 0.15) is 13.3 Å². The Hall–Kier alpha value is -0.550. The largest absolute Gasteiger partial charge is 0.465 e. The highest BCUT2D eigenvalue weighted by Gasteiger charge is 2.16. The van der Waals surface area contributed by atoms with Crippen molar-refractivity contribution in [1.29, 1.82) is 0 Å². The molecular formula is C11H19ClN4O3S3. The predicted octanol–water partition coefficient (Wildman–Crippen LogP) is 1.63. The minimum atomic E-state index is -0.558. The van der Waals surface area contributed by atoms with Crippen LogP contribution >= 0.6 is 47.3 Å². The average molecular weight is 387 g/mol. The maximum Gasteiger partial charge on any atom is 0.316 e. The molecule has 1 aromatic heterocycles. The molecule has 11 heteroatoms. The van der Waals surface area contributed by atoms with Crippen LogP contribution in [0.3, 0.4) is 0 Å². The number of rotatable bonds is 9. The second-order valence-electron chi connectivity index (χ2n) is 3.84. The summed E-state index contributed by atoms with van der Waals surface area (Å²) in [6.45, 7) is 2.10. The zero-order valence-electron chi connectivity index (χ0n) is 12.2. The number of nitrogens with zero attached hydrogens (tertiary/aromatic N) is 2. The highest BCUT2D eigenvalue weighted by atomic mass is 35.5. The number of carbonyl (C=O) groups excluding carboxylic acids is 2. The van der Waals surface area contributed by atoms with Gasteiger partial charge in [-0.25, -0.2) is 0 Å². The number of nitrogens with one attached hydrogen (secondary N) is 1. The maximum atomic E-state index is 11.8. The number of nitrogens with two attached hydrogens (primary N) is 1. The normalized spacial score (nSPS) is 11.4. The van der Waals surface area contributed by atoms with Crippen molar-refractivity contribution in [2.24, 2.45) is 5.73 Å². The molecule has 0 spiro atoms. The van der Waals surface area contributed by atoms with Crippen LogP contribution in [-0.2, 0) is 14.3 Å². The molecule has 1 aromatic rings. The van der Waals surface area contributed by atoms with E-state index in [0.717, 1.165) is 5.75 Å². The summed E-state index contributed by atoms with van der Waals surface area (Å²) in [7, 11) is 0. The summed E-state index contributed by atoms with van der Waals surface area (Å²) in [4.78, 5) is 23.0. The molecule has 0 saturated heterocycles. The summed E-state index contributed by atoms with van der Waals surface area (Å²) in [5.41, 5.74) is 5.75. The Labute approximate surface area is 147 Å². The molecule has 7 nitrogen and oxygen atoms in total. The van der Waals surface area contributed by atoms with Gasteiger partial charge in [-0.2, -0.15) is 11.8 Å². The lowest BCUT2D eigenvalue weighted by Gasteiger charge is -2.08. The van der Waals surface area contributed by atoms with E-state index in [0.29, 0.717) is 22.5 Å². The second kappa shape index (κ2) is 11.9. The Kier molecular flexibility index (Phi) is 11.6. The average Bonchev–Trinajstić information content (AvgIpc) is 2.90. The van der Waals surface area contributed by atoms with Gasteiger partial charge in [-0.05, 0) is 25.4 Å². The molecule has 1 amide bonds. The van der Waals surface area contributed by atoms with E-state index < -0.39 is 6.04 Å². The molecule has 1 atom stereocenters. The zero-order valence-corrected chi connectivity index (χ0v) is 15.5. The smallest absolute Gasteiger partial charge is 0.316 e. The lowest BCUT2D eigenvalue weighted by molar-refractivity contribution is -0.139. The SMILES string of the molecule is CCOC(=O)CSc1nnc(NC(=O)C(N)CCSC)s1.Cl. The van der Waals surface area contributed by atoms with E-state index in [4.69, 9.17) is 10.5 Å². The van der Waals surface area contributed by atoms with Crippen molar-refractivity contribution in [2.45, 2.75) is 23.7 Å². The van der Waals surface area contributed by atoms with Crippen molar-refractivity contribution >= 4 is 64.3 Å². The Morgan fingerprint density at radius 2 is 2.18 bits per heavy atom. The van der Waals surface area contributed by atoms with Gasteiger partial charge in [0.15, 0.2) is 4.34 Å². The Bertz CT molecular complexity index is 475. The van der Waals surface area contributed by atoms with Crippen LogP contribution in [0.15, 0.2) is 4.34 Å². The molecule has 0 aromatic carbocycles. The summed E-state index contributed by atoms with van der Waals surface area (Å²) < 4.78 is 5.41. The van der Waals surface area contributed by atoms with Crippen LogP contribution in [0, 0.1) is 0 Å². The predicted molar refractivity (Wildman–Crippen MR) is 94.1 cm³/mol. The standard InChI is InChI=1S/C11H18N4O3S3.ClH/c1-3-18-8(16)6-20-11-15-14-10(21-11)13-9(17)7(12)4-5-19-2;/h7H,3-6,12H2,1-2H3,(H,13,14,17);1H. The monoisotopic (exact) mass is 386 g/mol. The highest BCUT2D eigenvalue weighted by Crippen LogP contribution is 2.25. The van der Waals surface area contributed by atoms with Gasteiger partial charge in [-0.15, -0.1) is 22.6 Å². The first-order chi connectivity index (χ1) is 10.1. The Morgan fingerprint density at radius 3 is 2.82 bits per heavy atom. The second-order valence-corrected chi connectivity index (χ2v) is 7.03. The van der Waals surface area contributed by atoms with Gasteiger partial charge in [0.1, 0.15) is 0 Å². The number of carbonyl (C=O) groups is 2. The molecule has 1 heterocycles. The quantitative estimate of drug-likeness (QED) is 0.374. The summed E-state index contributed by atoms with van der Waals surface area (Å²) in [5.74, 6) is 0.416. The summed E-state index contributed by atoms with van der Waals surface area (Å²) >= 11 is 4.06. The van der Waals surface area contributed by atoms with E-state index in [1.165, 1.54) is 23.1 Å². The zero-order chi connectivity index (χ0) is 15.7. The fourth-order valence-electron chi connectivity index (χ4n) is 1.22. The molecule has 126 valence electrons. The number of esters is 1. The van der Waals surface area contributed by atoms with Crippen molar-refractivity contribution in [2.75, 3.05) is 29.7 Å². The van der Waals surface area contributed by atoms with Crippen LogP contribution < -0.4 is 11.1 Å². The fourth-order valence-corrected chi connectivity index (χ4v) is 3.26. The molecule has 0 aliphatic carbocycles. The first-order valence-corrected chi connectivity index (χ1v) is 9.43. The summed E-state index contributed by atoms with van der Waals surface area (Å²) in [6, 6.07) is -0.558. The molecule has 0 fully saturated rings. The maximum absolute atomic E-state index is 11.8. The van der Waals surface area contributed by atoms with Crippen molar-refractivity contribution in [3.63, 3.8) is 0 Å². The van der Waals surface area contributed by atoms with Crippen LogP contribution in [0.4, 0.5) is 5.13 Å². The molecule has 22 heavy (non-hydrogen) atoms. The minimum absolute atomic E-state index is 0. The van der Waals surface area contributed by atoms with E-state index in [2.05, 4.69) is 15.5 Å². The number of halogens is 1. The third kappa shape index (κ3) is 8.18. The molecule has 1 unspecified atom stereocenters. The number of aromatic nitrogens is 2. The number of hydrogen-bond acceptors (Lipinski definition) is 9. The first-order valence-electron chi connectivity index (χ1n) is 6.24. The van der Waals surface area contributed by atoms with Crippen LogP contribution in [0.2, 0.25) is 0 Å². The Morgan fingerprint density at radius 1 is 1.45 bits per heavy atom. The number of thioether (sulfide) groups is 2. The molecule has 0 bridgehead atoms. The topological polar surface area (TPSA) is 107 Å². The van der Waals surface area contributed by atoms with Gasteiger partial charge in [0.2, 0.25) is 11.0 Å². The van der Waals surface area contributed by atoms with Gasteiger partial charge >= 0.3 is 5.97 Å². The molecule has 0 saturated carbocycles.